The normalized spacial score (nSPS) is 20.1. The molecule has 4 aromatic carbocycles. The molecule has 1 fully saturated rings. The van der Waals surface area contributed by atoms with Gasteiger partial charge in [0.05, 0.1) is 0 Å². The molecule has 0 radical (unpaired) electrons. The SMILES string of the molecule is O[Si]1(O)O[Si](O)(O)O[Si](c2ccccc2)(c2ccccc2)O[Si](c2ccccc2)(c2ccccc2)O1. The van der Waals surface area contributed by atoms with Crippen molar-refractivity contribution in [1.29, 1.82) is 0 Å². The van der Waals surface area contributed by atoms with Crippen LogP contribution in [0, 0.1) is 0 Å². The summed E-state index contributed by atoms with van der Waals surface area (Å²) in [7, 11) is -18.4. The maximum Gasteiger partial charge on any atom is 0.659 e. The molecule has 0 aliphatic carbocycles. The molecule has 12 heteroatoms. The molecule has 0 saturated carbocycles. The molecule has 0 unspecified atom stereocenters. The Bertz CT molecular complexity index is 1120. The third-order valence-corrected chi connectivity index (χ3v) is 18.9. The summed E-state index contributed by atoms with van der Waals surface area (Å²) in [6, 6.07) is 35.9. The van der Waals surface area contributed by atoms with Crippen molar-refractivity contribution in [1.82, 2.24) is 0 Å². The van der Waals surface area contributed by atoms with Gasteiger partial charge in [-0.05, 0) is 20.7 Å². The lowest BCUT2D eigenvalue weighted by atomic mass is 10.4. The lowest BCUT2D eigenvalue weighted by molar-refractivity contribution is 0.0311. The van der Waals surface area contributed by atoms with Crippen LogP contribution in [-0.2, 0) is 16.5 Å². The Hall–Kier alpha value is -2.57. The summed E-state index contributed by atoms with van der Waals surface area (Å²) in [5.41, 5.74) is 0. The van der Waals surface area contributed by atoms with Crippen molar-refractivity contribution in [3.63, 3.8) is 0 Å². The van der Waals surface area contributed by atoms with Crippen molar-refractivity contribution in [2.24, 2.45) is 0 Å². The Labute approximate surface area is 212 Å². The average Bonchev–Trinajstić information content (AvgIpc) is 2.88. The summed E-state index contributed by atoms with van der Waals surface area (Å²) in [5, 5.41) is 2.27. The first-order valence-corrected chi connectivity index (χ1v) is 18.2. The predicted octanol–water partition coefficient (Wildman–Crippen LogP) is -0.580. The molecule has 4 N–H and O–H groups in total. The van der Waals surface area contributed by atoms with Crippen molar-refractivity contribution in [2.45, 2.75) is 0 Å². The van der Waals surface area contributed by atoms with Crippen LogP contribution < -0.4 is 20.7 Å². The second-order valence-corrected chi connectivity index (χ2v) is 18.4. The highest BCUT2D eigenvalue weighted by Gasteiger charge is 2.67. The fraction of sp³-hybridized carbons (Fsp3) is 0. The largest absolute Gasteiger partial charge is 0.659 e. The summed E-state index contributed by atoms with van der Waals surface area (Å²) in [6.45, 7) is 0. The molecule has 0 aromatic heterocycles. The number of rotatable bonds is 4. The Morgan fingerprint density at radius 3 is 0.833 bits per heavy atom. The number of hydrogen-bond acceptors (Lipinski definition) is 8. The topological polar surface area (TPSA) is 118 Å². The average molecular weight is 553 g/mol. The van der Waals surface area contributed by atoms with E-state index < -0.39 is 35.2 Å². The van der Waals surface area contributed by atoms with Crippen molar-refractivity contribution >= 4 is 56.0 Å². The first-order chi connectivity index (χ1) is 17.2. The molecular formula is C24H24O8Si4. The van der Waals surface area contributed by atoms with Crippen LogP contribution in [0.1, 0.15) is 0 Å². The van der Waals surface area contributed by atoms with E-state index in [-0.39, 0.29) is 0 Å². The molecule has 4 aromatic rings. The Morgan fingerprint density at radius 1 is 0.333 bits per heavy atom. The fourth-order valence-electron chi connectivity index (χ4n) is 4.27. The summed E-state index contributed by atoms with van der Waals surface area (Å²) in [5.74, 6) is 0. The van der Waals surface area contributed by atoms with Crippen LogP contribution in [0.4, 0.5) is 0 Å². The van der Waals surface area contributed by atoms with Gasteiger partial charge in [-0.3, -0.25) is 0 Å². The first-order valence-electron chi connectivity index (χ1n) is 11.2. The maximum absolute atomic E-state index is 10.8. The van der Waals surface area contributed by atoms with Gasteiger partial charge >= 0.3 is 35.2 Å². The van der Waals surface area contributed by atoms with Crippen LogP contribution in [0.2, 0.25) is 0 Å². The predicted molar refractivity (Wildman–Crippen MR) is 141 cm³/mol. The summed E-state index contributed by atoms with van der Waals surface area (Å²) >= 11 is 0. The smallest absolute Gasteiger partial charge is 0.402 e. The van der Waals surface area contributed by atoms with Crippen LogP contribution >= 0.6 is 0 Å². The molecular weight excluding hydrogens is 529 g/mol. The van der Waals surface area contributed by atoms with Crippen molar-refractivity contribution < 1.29 is 35.6 Å². The molecule has 36 heavy (non-hydrogen) atoms. The molecule has 0 bridgehead atoms. The van der Waals surface area contributed by atoms with Crippen LogP contribution in [-0.4, -0.2) is 54.4 Å². The second-order valence-electron chi connectivity index (χ2n) is 8.20. The lowest BCUT2D eigenvalue weighted by Gasteiger charge is -2.46. The van der Waals surface area contributed by atoms with E-state index in [1.165, 1.54) is 0 Å². The van der Waals surface area contributed by atoms with Gasteiger partial charge in [-0.25, -0.2) is 0 Å². The Balaban J connectivity index is 1.86. The lowest BCUT2D eigenvalue weighted by Crippen LogP contribution is -2.82. The highest BCUT2D eigenvalue weighted by molar-refractivity contribution is 7.08. The van der Waals surface area contributed by atoms with E-state index in [1.54, 1.807) is 97.1 Å². The maximum atomic E-state index is 10.8. The molecule has 0 spiro atoms. The zero-order valence-electron chi connectivity index (χ0n) is 19.0. The Kier molecular flexibility index (Phi) is 6.77. The molecule has 1 aliphatic heterocycles. The third-order valence-electron chi connectivity index (χ3n) is 5.72. The molecule has 8 nitrogen and oxygen atoms in total. The number of benzene rings is 4. The van der Waals surface area contributed by atoms with Crippen molar-refractivity contribution in [2.75, 3.05) is 0 Å². The molecule has 5 rings (SSSR count). The van der Waals surface area contributed by atoms with Gasteiger partial charge in [0.1, 0.15) is 0 Å². The minimum atomic E-state index is -5.18. The zero-order chi connectivity index (χ0) is 25.3. The van der Waals surface area contributed by atoms with E-state index in [2.05, 4.69) is 0 Å². The van der Waals surface area contributed by atoms with E-state index in [9.17, 15) is 19.2 Å². The fourth-order valence-corrected chi connectivity index (χ4v) is 19.4. The molecule has 1 aliphatic rings. The van der Waals surface area contributed by atoms with E-state index >= 15 is 0 Å². The van der Waals surface area contributed by atoms with Gasteiger partial charge in [0.25, 0.3) is 0 Å². The van der Waals surface area contributed by atoms with Crippen LogP contribution in [0.3, 0.4) is 0 Å². The van der Waals surface area contributed by atoms with E-state index in [0.29, 0.717) is 20.7 Å². The van der Waals surface area contributed by atoms with Gasteiger partial charge in [-0.1, -0.05) is 121 Å². The molecule has 184 valence electrons. The van der Waals surface area contributed by atoms with Crippen LogP contribution in [0.5, 0.6) is 0 Å². The standard InChI is InChI=1S/C24H24O8Si4/c25-35(26)30-33(21-13-5-1-6-14-21,22-15-7-2-8-16-22)29-34(31-36(27,28)32-35,23-17-9-3-10-18-23)24-19-11-4-12-20-24/h1-20,25-28H. The van der Waals surface area contributed by atoms with Crippen molar-refractivity contribution in [3.8, 4) is 0 Å². The summed E-state index contributed by atoms with van der Waals surface area (Å²) in [4.78, 5) is 43.4. The van der Waals surface area contributed by atoms with Gasteiger partial charge in [-0.2, -0.15) is 0 Å². The van der Waals surface area contributed by atoms with E-state index in [1.807, 2.05) is 24.3 Å². The molecule has 1 heterocycles. The zero-order valence-corrected chi connectivity index (χ0v) is 23.0. The minimum absolute atomic E-state index is 0.567. The van der Waals surface area contributed by atoms with Gasteiger partial charge in [0.2, 0.25) is 0 Å². The Morgan fingerprint density at radius 2 is 0.583 bits per heavy atom. The van der Waals surface area contributed by atoms with Gasteiger partial charge in [0.15, 0.2) is 0 Å². The van der Waals surface area contributed by atoms with E-state index in [0.717, 1.165) is 0 Å². The van der Waals surface area contributed by atoms with Gasteiger partial charge < -0.3 is 35.6 Å². The van der Waals surface area contributed by atoms with E-state index in [4.69, 9.17) is 16.5 Å². The highest BCUT2D eigenvalue weighted by atomic mass is 28.6. The van der Waals surface area contributed by atoms with Crippen molar-refractivity contribution in [3.05, 3.63) is 121 Å². The number of hydrogen-bond donors (Lipinski definition) is 4. The quantitative estimate of drug-likeness (QED) is 0.249. The minimum Gasteiger partial charge on any atom is -0.402 e. The molecule has 0 atom stereocenters. The van der Waals surface area contributed by atoms with Gasteiger partial charge in [0, 0.05) is 0 Å². The highest BCUT2D eigenvalue weighted by Crippen LogP contribution is 2.27. The monoisotopic (exact) mass is 552 g/mol. The summed E-state index contributed by atoms with van der Waals surface area (Å²) in [6.07, 6.45) is 0. The summed E-state index contributed by atoms with van der Waals surface area (Å²) < 4.78 is 24.3. The van der Waals surface area contributed by atoms with Crippen LogP contribution in [0.25, 0.3) is 0 Å². The second kappa shape index (κ2) is 9.71. The molecule has 1 saturated heterocycles. The molecule has 0 amide bonds. The third kappa shape index (κ3) is 4.85. The first kappa shape index (κ1) is 25.1. The van der Waals surface area contributed by atoms with Gasteiger partial charge in [-0.15, -0.1) is 0 Å². The van der Waals surface area contributed by atoms with Crippen LogP contribution in [0.15, 0.2) is 121 Å².